The van der Waals surface area contributed by atoms with Crippen molar-refractivity contribution >= 4 is 0 Å². The van der Waals surface area contributed by atoms with Crippen molar-refractivity contribution in [3.63, 3.8) is 0 Å². The SMILES string of the molecule is c1ccc2c(c1)CC(C1CNCCN1)OO2. The summed E-state index contributed by atoms with van der Waals surface area (Å²) in [5, 5.41) is 6.81. The summed E-state index contributed by atoms with van der Waals surface area (Å²) in [5.74, 6) is 0.850. The molecule has 0 aromatic heterocycles. The van der Waals surface area contributed by atoms with Crippen molar-refractivity contribution < 1.29 is 9.78 Å². The summed E-state index contributed by atoms with van der Waals surface area (Å²) >= 11 is 0. The Morgan fingerprint density at radius 3 is 3.00 bits per heavy atom. The van der Waals surface area contributed by atoms with Crippen LogP contribution in [0.4, 0.5) is 0 Å². The Morgan fingerprint density at radius 1 is 1.19 bits per heavy atom. The van der Waals surface area contributed by atoms with Gasteiger partial charge in [-0.2, -0.15) is 4.89 Å². The molecule has 2 aliphatic heterocycles. The van der Waals surface area contributed by atoms with Gasteiger partial charge in [-0.05, 0) is 6.07 Å². The summed E-state index contributed by atoms with van der Waals surface area (Å²) in [4.78, 5) is 10.8. The molecule has 0 spiro atoms. The quantitative estimate of drug-likeness (QED) is 0.676. The topological polar surface area (TPSA) is 42.5 Å². The van der Waals surface area contributed by atoms with Crippen molar-refractivity contribution in [1.29, 1.82) is 0 Å². The van der Waals surface area contributed by atoms with Gasteiger partial charge in [0.2, 0.25) is 0 Å². The van der Waals surface area contributed by atoms with Crippen LogP contribution in [0, 0.1) is 0 Å². The van der Waals surface area contributed by atoms with Crippen LogP contribution in [0.5, 0.6) is 5.75 Å². The third-order valence-corrected chi connectivity index (χ3v) is 3.18. The van der Waals surface area contributed by atoms with Gasteiger partial charge in [0.05, 0.1) is 6.04 Å². The standard InChI is InChI=1S/C12H16N2O2/c1-2-4-11-9(3-1)7-12(16-15-11)10-8-13-5-6-14-10/h1-4,10,12-14H,5-8H2. The Hall–Kier alpha value is -1.10. The smallest absolute Gasteiger partial charge is 0.168 e. The predicted molar refractivity (Wildman–Crippen MR) is 60.3 cm³/mol. The van der Waals surface area contributed by atoms with E-state index in [-0.39, 0.29) is 6.10 Å². The zero-order valence-electron chi connectivity index (χ0n) is 9.11. The summed E-state index contributed by atoms with van der Waals surface area (Å²) in [7, 11) is 0. The average Bonchev–Trinajstić information content (AvgIpc) is 2.39. The minimum absolute atomic E-state index is 0.0997. The van der Waals surface area contributed by atoms with Gasteiger partial charge in [-0.3, -0.25) is 0 Å². The maximum absolute atomic E-state index is 5.44. The molecule has 0 aliphatic carbocycles. The fourth-order valence-corrected chi connectivity index (χ4v) is 2.27. The number of hydrogen-bond acceptors (Lipinski definition) is 4. The zero-order chi connectivity index (χ0) is 10.8. The minimum Gasteiger partial charge on any atom is -0.337 e. The second-order valence-corrected chi connectivity index (χ2v) is 4.29. The zero-order valence-corrected chi connectivity index (χ0v) is 9.11. The molecule has 86 valence electrons. The summed E-state index contributed by atoms with van der Waals surface area (Å²) in [5.41, 5.74) is 1.23. The van der Waals surface area contributed by atoms with Crippen molar-refractivity contribution in [3.05, 3.63) is 29.8 Å². The number of fused-ring (bicyclic) bond motifs is 1. The van der Waals surface area contributed by atoms with E-state index in [0.29, 0.717) is 6.04 Å². The van der Waals surface area contributed by atoms with E-state index in [4.69, 9.17) is 9.78 Å². The molecule has 2 heterocycles. The maximum Gasteiger partial charge on any atom is 0.168 e. The van der Waals surface area contributed by atoms with E-state index in [2.05, 4.69) is 16.7 Å². The highest BCUT2D eigenvalue weighted by Crippen LogP contribution is 2.26. The second kappa shape index (κ2) is 4.41. The third kappa shape index (κ3) is 1.91. The van der Waals surface area contributed by atoms with Gasteiger partial charge in [0.1, 0.15) is 6.10 Å². The molecular weight excluding hydrogens is 204 g/mol. The molecule has 0 amide bonds. The largest absolute Gasteiger partial charge is 0.337 e. The van der Waals surface area contributed by atoms with Crippen LogP contribution in [-0.2, 0) is 11.3 Å². The van der Waals surface area contributed by atoms with E-state index < -0.39 is 0 Å². The predicted octanol–water partition coefficient (Wildman–Crippen LogP) is 0.483. The third-order valence-electron chi connectivity index (χ3n) is 3.18. The summed E-state index contributed by atoms with van der Waals surface area (Å²) in [6.07, 6.45) is 1.01. The molecule has 2 atom stereocenters. The van der Waals surface area contributed by atoms with Crippen molar-refractivity contribution in [1.82, 2.24) is 10.6 Å². The number of rotatable bonds is 1. The first-order valence-electron chi connectivity index (χ1n) is 5.79. The Bertz CT molecular complexity index is 364. The van der Waals surface area contributed by atoms with Gasteiger partial charge >= 0.3 is 0 Å². The second-order valence-electron chi connectivity index (χ2n) is 4.29. The van der Waals surface area contributed by atoms with Crippen LogP contribution in [0.15, 0.2) is 24.3 Å². The molecule has 1 fully saturated rings. The summed E-state index contributed by atoms with van der Waals surface area (Å²) in [6.45, 7) is 2.96. The molecule has 0 radical (unpaired) electrons. The molecule has 3 rings (SSSR count). The van der Waals surface area contributed by atoms with Crippen LogP contribution in [-0.4, -0.2) is 31.8 Å². The molecule has 0 bridgehead atoms. The highest BCUT2D eigenvalue weighted by atomic mass is 17.2. The molecule has 0 saturated carbocycles. The van der Waals surface area contributed by atoms with Gasteiger partial charge in [0, 0.05) is 31.6 Å². The van der Waals surface area contributed by atoms with Crippen LogP contribution >= 0.6 is 0 Å². The minimum atomic E-state index is 0.0997. The molecular formula is C12H16N2O2. The highest BCUT2D eigenvalue weighted by molar-refractivity contribution is 5.34. The molecule has 1 saturated heterocycles. The molecule has 4 heteroatoms. The van der Waals surface area contributed by atoms with Crippen molar-refractivity contribution in [2.45, 2.75) is 18.6 Å². The van der Waals surface area contributed by atoms with Crippen LogP contribution in [0.25, 0.3) is 0 Å². The Kier molecular flexibility index (Phi) is 2.78. The number of hydrogen-bond donors (Lipinski definition) is 2. The van der Waals surface area contributed by atoms with Gasteiger partial charge in [0.15, 0.2) is 5.75 Å². The van der Waals surface area contributed by atoms with Crippen molar-refractivity contribution in [2.75, 3.05) is 19.6 Å². The first kappa shape index (κ1) is 10.1. The lowest BCUT2D eigenvalue weighted by atomic mass is 9.99. The Labute approximate surface area is 94.9 Å². The lowest BCUT2D eigenvalue weighted by molar-refractivity contribution is -0.261. The van der Waals surface area contributed by atoms with E-state index in [1.165, 1.54) is 5.56 Å². The lowest BCUT2D eigenvalue weighted by Gasteiger charge is -2.33. The van der Waals surface area contributed by atoms with E-state index in [9.17, 15) is 0 Å². The number of para-hydroxylation sites is 1. The molecule has 1 aromatic rings. The van der Waals surface area contributed by atoms with Crippen LogP contribution < -0.4 is 15.5 Å². The number of nitrogens with one attached hydrogen (secondary N) is 2. The van der Waals surface area contributed by atoms with Gasteiger partial charge in [-0.1, -0.05) is 18.2 Å². The van der Waals surface area contributed by atoms with Crippen molar-refractivity contribution in [2.24, 2.45) is 0 Å². The molecule has 4 nitrogen and oxygen atoms in total. The van der Waals surface area contributed by atoms with E-state index in [0.717, 1.165) is 31.8 Å². The number of piperazine rings is 1. The van der Waals surface area contributed by atoms with Gasteiger partial charge in [-0.25, -0.2) is 0 Å². The summed E-state index contributed by atoms with van der Waals surface area (Å²) in [6, 6.07) is 8.38. The first-order valence-corrected chi connectivity index (χ1v) is 5.79. The van der Waals surface area contributed by atoms with E-state index >= 15 is 0 Å². The van der Waals surface area contributed by atoms with Crippen LogP contribution in [0.3, 0.4) is 0 Å². The molecule has 16 heavy (non-hydrogen) atoms. The van der Waals surface area contributed by atoms with Crippen molar-refractivity contribution in [3.8, 4) is 5.75 Å². The van der Waals surface area contributed by atoms with Gasteiger partial charge in [-0.15, -0.1) is 0 Å². The molecule has 1 aromatic carbocycles. The molecule has 2 aliphatic rings. The van der Waals surface area contributed by atoms with E-state index in [1.807, 2.05) is 18.2 Å². The molecule has 2 unspecified atom stereocenters. The van der Waals surface area contributed by atoms with Crippen LogP contribution in [0.2, 0.25) is 0 Å². The van der Waals surface area contributed by atoms with E-state index in [1.54, 1.807) is 0 Å². The fraction of sp³-hybridized carbons (Fsp3) is 0.500. The van der Waals surface area contributed by atoms with Gasteiger partial charge in [0.25, 0.3) is 0 Å². The average molecular weight is 220 g/mol. The maximum atomic E-state index is 5.44. The van der Waals surface area contributed by atoms with Crippen LogP contribution in [0.1, 0.15) is 5.56 Å². The normalized spacial score (nSPS) is 29.2. The summed E-state index contributed by atoms with van der Waals surface area (Å²) < 4.78 is 0. The highest BCUT2D eigenvalue weighted by Gasteiger charge is 2.29. The Morgan fingerprint density at radius 2 is 2.12 bits per heavy atom. The van der Waals surface area contributed by atoms with Gasteiger partial charge < -0.3 is 15.5 Å². The number of benzene rings is 1. The fourth-order valence-electron chi connectivity index (χ4n) is 2.27. The lowest BCUT2D eigenvalue weighted by Crippen LogP contribution is -2.56. The first-order chi connectivity index (χ1) is 7.93. The Balaban J connectivity index is 1.72. The molecule has 2 N–H and O–H groups in total. The monoisotopic (exact) mass is 220 g/mol.